The van der Waals surface area contributed by atoms with E-state index in [4.69, 9.17) is 27.9 Å². The number of carbonyl (C=O) groups is 1. The molecule has 22 heavy (non-hydrogen) atoms. The normalized spacial score (nSPS) is 22.1. The number of carbonyl (C=O) groups excluding carboxylic acids is 1. The van der Waals surface area contributed by atoms with Gasteiger partial charge in [-0.1, -0.05) is 59.0 Å². The molecule has 0 heterocycles. The summed E-state index contributed by atoms with van der Waals surface area (Å²) in [5, 5.41) is 0. The predicted octanol–water partition coefficient (Wildman–Crippen LogP) is 5.70. The first-order valence-electron chi connectivity index (χ1n) is 7.10. The van der Waals surface area contributed by atoms with Gasteiger partial charge in [0.05, 0.1) is 5.92 Å². The Morgan fingerprint density at radius 2 is 2.00 bits per heavy atom. The molecule has 1 aliphatic carbocycles. The summed E-state index contributed by atoms with van der Waals surface area (Å²) in [6.07, 6.45) is 1.73. The van der Waals surface area contributed by atoms with Crippen molar-refractivity contribution in [3.63, 3.8) is 0 Å². The van der Waals surface area contributed by atoms with Crippen LogP contribution in [-0.2, 0) is 16.1 Å². The number of aryl methyl sites for hydroxylation is 1. The van der Waals surface area contributed by atoms with E-state index < -0.39 is 0 Å². The first-order valence-corrected chi connectivity index (χ1v) is 8.65. The first kappa shape index (κ1) is 17.8. The zero-order valence-electron chi connectivity index (χ0n) is 13.0. The van der Waals surface area contributed by atoms with Crippen molar-refractivity contribution in [2.24, 2.45) is 17.3 Å². The zero-order valence-corrected chi connectivity index (χ0v) is 16.1. The summed E-state index contributed by atoms with van der Waals surface area (Å²) in [6, 6.07) is 4.02. The molecule has 0 amide bonds. The van der Waals surface area contributed by atoms with Gasteiger partial charge in [0, 0.05) is 4.47 Å². The lowest BCUT2D eigenvalue weighted by Crippen LogP contribution is -2.12. The lowest BCUT2D eigenvalue weighted by atomic mass is 10.0. The van der Waals surface area contributed by atoms with E-state index in [1.54, 1.807) is 6.08 Å². The van der Waals surface area contributed by atoms with Crippen molar-refractivity contribution in [2.45, 2.75) is 34.3 Å². The average Bonchev–Trinajstić information content (AvgIpc) is 2.94. The van der Waals surface area contributed by atoms with Gasteiger partial charge in [-0.2, -0.15) is 0 Å². The third-order valence-corrected chi connectivity index (χ3v) is 5.71. The van der Waals surface area contributed by atoms with E-state index in [1.165, 1.54) is 0 Å². The molecule has 0 aliphatic heterocycles. The van der Waals surface area contributed by atoms with Crippen LogP contribution in [0.4, 0.5) is 0 Å². The second-order valence-corrected chi connectivity index (χ2v) is 8.22. The van der Waals surface area contributed by atoms with Crippen molar-refractivity contribution in [1.82, 2.24) is 0 Å². The Kier molecular flexibility index (Phi) is 5.31. The van der Waals surface area contributed by atoms with Gasteiger partial charge in [-0.05, 0) is 54.0 Å². The van der Waals surface area contributed by atoms with Gasteiger partial charge in [-0.3, -0.25) is 4.79 Å². The molecule has 2 rings (SSSR count). The third-order valence-electron chi connectivity index (χ3n) is 4.60. The molecule has 2 atom stereocenters. The number of halogens is 3. The minimum absolute atomic E-state index is 0.0368. The van der Waals surface area contributed by atoms with E-state index in [2.05, 4.69) is 15.9 Å². The van der Waals surface area contributed by atoms with Crippen LogP contribution in [0.1, 0.15) is 30.5 Å². The fourth-order valence-electron chi connectivity index (χ4n) is 2.89. The van der Waals surface area contributed by atoms with Gasteiger partial charge in [0.15, 0.2) is 0 Å². The van der Waals surface area contributed by atoms with E-state index in [0.717, 1.165) is 21.2 Å². The van der Waals surface area contributed by atoms with Crippen molar-refractivity contribution < 1.29 is 9.53 Å². The summed E-state index contributed by atoms with van der Waals surface area (Å²) in [5.41, 5.74) is 3.10. The Hall–Kier alpha value is -0.510. The zero-order chi connectivity index (χ0) is 16.7. The summed E-state index contributed by atoms with van der Waals surface area (Å²) >= 11 is 14.9. The first-order chi connectivity index (χ1) is 10.2. The molecule has 1 fully saturated rings. The Morgan fingerprint density at radius 1 is 1.36 bits per heavy atom. The molecule has 120 valence electrons. The molecule has 0 saturated heterocycles. The molecule has 0 spiro atoms. The van der Waals surface area contributed by atoms with Crippen LogP contribution in [0.3, 0.4) is 0 Å². The van der Waals surface area contributed by atoms with Crippen LogP contribution in [0.15, 0.2) is 27.2 Å². The minimum Gasteiger partial charge on any atom is -0.461 e. The predicted molar refractivity (Wildman–Crippen MR) is 94.0 cm³/mol. The molecule has 0 bridgehead atoms. The summed E-state index contributed by atoms with van der Waals surface area (Å²) in [6.45, 7) is 8.36. The highest BCUT2D eigenvalue weighted by atomic mass is 79.9. The molecule has 0 radical (unpaired) electrons. The van der Waals surface area contributed by atoms with Gasteiger partial charge >= 0.3 is 5.97 Å². The van der Waals surface area contributed by atoms with Crippen molar-refractivity contribution in [1.29, 1.82) is 0 Å². The summed E-state index contributed by atoms with van der Waals surface area (Å²) in [4.78, 5) is 12.3. The quantitative estimate of drug-likeness (QED) is 0.600. The Labute approximate surface area is 149 Å². The molecule has 2 nitrogen and oxygen atoms in total. The van der Waals surface area contributed by atoms with Gasteiger partial charge in [0.2, 0.25) is 0 Å². The SMILES string of the molecule is Cc1ccc(Br)c(C)c1COC(=O)C1C(C=C(Cl)Cl)C1(C)C. The number of ether oxygens (including phenoxy) is 1. The number of hydrogen-bond acceptors (Lipinski definition) is 2. The second-order valence-electron chi connectivity index (χ2n) is 6.36. The largest absolute Gasteiger partial charge is 0.461 e. The number of rotatable bonds is 4. The maximum Gasteiger partial charge on any atom is 0.310 e. The van der Waals surface area contributed by atoms with Crippen LogP contribution in [0.2, 0.25) is 0 Å². The van der Waals surface area contributed by atoms with Gasteiger partial charge in [0.1, 0.15) is 11.1 Å². The molecular formula is C17H19BrCl2O2. The maximum absolute atomic E-state index is 12.3. The molecule has 2 unspecified atom stereocenters. The van der Waals surface area contributed by atoms with E-state index in [-0.39, 0.29) is 34.3 Å². The van der Waals surface area contributed by atoms with Gasteiger partial charge in [-0.15, -0.1) is 0 Å². The van der Waals surface area contributed by atoms with Crippen LogP contribution in [-0.4, -0.2) is 5.97 Å². The molecule has 1 aromatic carbocycles. The highest BCUT2D eigenvalue weighted by Gasteiger charge is 2.61. The van der Waals surface area contributed by atoms with E-state index in [0.29, 0.717) is 0 Å². The Balaban J connectivity index is 2.06. The maximum atomic E-state index is 12.3. The molecule has 1 saturated carbocycles. The Bertz CT molecular complexity index is 634. The summed E-state index contributed by atoms with van der Waals surface area (Å²) < 4.78 is 6.76. The van der Waals surface area contributed by atoms with Crippen molar-refractivity contribution in [2.75, 3.05) is 0 Å². The van der Waals surface area contributed by atoms with Crippen LogP contribution in [0, 0.1) is 31.1 Å². The second kappa shape index (κ2) is 6.54. The highest BCUT2D eigenvalue weighted by molar-refractivity contribution is 9.10. The van der Waals surface area contributed by atoms with Crippen LogP contribution >= 0.6 is 39.1 Å². The molecule has 0 aromatic heterocycles. The number of allylic oxidation sites excluding steroid dienone is 1. The summed E-state index contributed by atoms with van der Waals surface area (Å²) in [5.74, 6) is -0.345. The average molecular weight is 406 g/mol. The number of esters is 1. The highest BCUT2D eigenvalue weighted by Crippen LogP contribution is 2.60. The van der Waals surface area contributed by atoms with Crippen molar-refractivity contribution in [3.05, 3.63) is 43.9 Å². The van der Waals surface area contributed by atoms with Crippen molar-refractivity contribution >= 4 is 45.1 Å². The Morgan fingerprint density at radius 3 is 2.59 bits per heavy atom. The molecular weight excluding hydrogens is 387 g/mol. The smallest absolute Gasteiger partial charge is 0.310 e. The van der Waals surface area contributed by atoms with Crippen LogP contribution < -0.4 is 0 Å². The third kappa shape index (κ3) is 3.52. The monoisotopic (exact) mass is 404 g/mol. The molecule has 1 aromatic rings. The molecule has 1 aliphatic rings. The van der Waals surface area contributed by atoms with Gasteiger partial charge < -0.3 is 4.74 Å². The lowest BCUT2D eigenvalue weighted by Gasteiger charge is -2.12. The lowest BCUT2D eigenvalue weighted by molar-refractivity contribution is -0.147. The number of hydrogen-bond donors (Lipinski definition) is 0. The van der Waals surface area contributed by atoms with Gasteiger partial charge in [0.25, 0.3) is 0 Å². The fourth-order valence-corrected chi connectivity index (χ4v) is 3.54. The fraction of sp³-hybridized carbons (Fsp3) is 0.471. The minimum atomic E-state index is -0.195. The van der Waals surface area contributed by atoms with Crippen molar-refractivity contribution in [3.8, 4) is 0 Å². The van der Waals surface area contributed by atoms with Crippen LogP contribution in [0.5, 0.6) is 0 Å². The number of benzene rings is 1. The van der Waals surface area contributed by atoms with Crippen LogP contribution in [0.25, 0.3) is 0 Å². The standard InChI is InChI=1S/C17H19BrCl2O2/c1-9-5-6-13(18)10(2)11(9)8-22-16(21)15-12(7-14(19)20)17(15,3)4/h5-7,12,15H,8H2,1-4H3. The van der Waals surface area contributed by atoms with E-state index in [1.807, 2.05) is 39.8 Å². The van der Waals surface area contributed by atoms with Gasteiger partial charge in [-0.25, -0.2) is 0 Å². The van der Waals surface area contributed by atoms with E-state index in [9.17, 15) is 4.79 Å². The topological polar surface area (TPSA) is 26.3 Å². The van der Waals surface area contributed by atoms with E-state index >= 15 is 0 Å². The summed E-state index contributed by atoms with van der Waals surface area (Å²) in [7, 11) is 0. The molecule has 0 N–H and O–H groups in total. The molecule has 5 heteroatoms.